The molecule has 1 amide bonds. The summed E-state index contributed by atoms with van der Waals surface area (Å²) in [6.07, 6.45) is 0.505. The molecule has 2 unspecified atom stereocenters. The molecule has 0 spiro atoms. The molecule has 0 bridgehead atoms. The summed E-state index contributed by atoms with van der Waals surface area (Å²) in [4.78, 5) is 23.6. The van der Waals surface area contributed by atoms with Gasteiger partial charge in [0.1, 0.15) is 0 Å². The monoisotopic (exact) mass is 185 g/mol. The number of hydrogen-bond acceptors (Lipinski definition) is 2. The number of nitrogens with zero attached hydrogens (tertiary/aromatic N) is 1. The van der Waals surface area contributed by atoms with Crippen LogP contribution in [-0.4, -0.2) is 35.0 Å². The summed E-state index contributed by atoms with van der Waals surface area (Å²) in [5, 5.41) is 8.62. The molecule has 0 radical (unpaired) electrons. The molecular formula is C9H15NO3. The van der Waals surface area contributed by atoms with E-state index >= 15 is 0 Å². The lowest BCUT2D eigenvalue weighted by Crippen LogP contribution is -2.34. The van der Waals surface area contributed by atoms with Gasteiger partial charge in [-0.3, -0.25) is 9.59 Å². The molecule has 0 saturated heterocycles. The highest BCUT2D eigenvalue weighted by atomic mass is 16.4. The third kappa shape index (κ3) is 1.99. The van der Waals surface area contributed by atoms with Crippen molar-refractivity contribution in [2.24, 2.45) is 11.8 Å². The van der Waals surface area contributed by atoms with E-state index in [0.29, 0.717) is 6.42 Å². The van der Waals surface area contributed by atoms with Gasteiger partial charge in [0.15, 0.2) is 0 Å². The average molecular weight is 185 g/mol. The highest BCUT2D eigenvalue weighted by Crippen LogP contribution is 2.40. The van der Waals surface area contributed by atoms with Gasteiger partial charge in [0, 0.05) is 13.1 Å². The van der Waals surface area contributed by atoms with Gasteiger partial charge in [0.2, 0.25) is 5.91 Å². The third-order valence-electron chi connectivity index (χ3n) is 2.55. The van der Waals surface area contributed by atoms with Gasteiger partial charge in [0.05, 0.1) is 11.8 Å². The molecule has 4 nitrogen and oxygen atoms in total. The van der Waals surface area contributed by atoms with Crippen molar-refractivity contribution >= 4 is 11.9 Å². The topological polar surface area (TPSA) is 57.6 Å². The fourth-order valence-corrected chi connectivity index (χ4v) is 1.26. The smallest absolute Gasteiger partial charge is 0.307 e. The van der Waals surface area contributed by atoms with Crippen molar-refractivity contribution in [2.45, 2.75) is 26.3 Å². The Morgan fingerprint density at radius 1 is 1.38 bits per heavy atom. The Balaban J connectivity index is 2.48. The van der Waals surface area contributed by atoms with Crippen LogP contribution in [0, 0.1) is 11.8 Å². The van der Waals surface area contributed by atoms with E-state index in [1.165, 1.54) is 0 Å². The standard InChI is InChI=1S/C9H15NO3/c1-5(2)10(3)8(11)6-4-7(6)9(12)13/h5-7H,4H2,1-3H3,(H,12,13). The van der Waals surface area contributed by atoms with Crippen LogP contribution in [-0.2, 0) is 9.59 Å². The van der Waals surface area contributed by atoms with Crippen molar-refractivity contribution in [1.82, 2.24) is 4.90 Å². The lowest BCUT2D eigenvalue weighted by atomic mass is 10.2. The van der Waals surface area contributed by atoms with Crippen molar-refractivity contribution in [2.75, 3.05) is 7.05 Å². The quantitative estimate of drug-likeness (QED) is 0.699. The zero-order valence-corrected chi connectivity index (χ0v) is 8.15. The molecule has 1 aliphatic carbocycles. The van der Waals surface area contributed by atoms with E-state index in [1.807, 2.05) is 13.8 Å². The summed E-state index contributed by atoms with van der Waals surface area (Å²) < 4.78 is 0. The number of hydrogen-bond donors (Lipinski definition) is 1. The molecule has 2 atom stereocenters. The molecule has 1 N–H and O–H groups in total. The Kier molecular flexibility index (Phi) is 2.59. The fourth-order valence-electron chi connectivity index (χ4n) is 1.26. The zero-order chi connectivity index (χ0) is 10.2. The van der Waals surface area contributed by atoms with E-state index in [1.54, 1.807) is 11.9 Å². The predicted molar refractivity (Wildman–Crippen MR) is 47.1 cm³/mol. The number of amides is 1. The number of rotatable bonds is 3. The number of carboxylic acid groups (broad SMARTS) is 1. The molecule has 4 heteroatoms. The van der Waals surface area contributed by atoms with Crippen molar-refractivity contribution in [3.05, 3.63) is 0 Å². The molecule has 0 aromatic rings. The summed E-state index contributed by atoms with van der Waals surface area (Å²) >= 11 is 0. The van der Waals surface area contributed by atoms with Gasteiger partial charge >= 0.3 is 5.97 Å². The third-order valence-corrected chi connectivity index (χ3v) is 2.55. The van der Waals surface area contributed by atoms with Crippen LogP contribution in [0.5, 0.6) is 0 Å². The maximum atomic E-state index is 11.5. The molecule has 0 aromatic heterocycles. The highest BCUT2D eigenvalue weighted by molar-refractivity contribution is 5.89. The van der Waals surface area contributed by atoms with Gasteiger partial charge in [-0.1, -0.05) is 0 Å². The van der Waals surface area contributed by atoms with Crippen LogP contribution in [0.3, 0.4) is 0 Å². The van der Waals surface area contributed by atoms with Crippen LogP contribution in [0.4, 0.5) is 0 Å². The fraction of sp³-hybridized carbons (Fsp3) is 0.778. The van der Waals surface area contributed by atoms with Crippen LogP contribution < -0.4 is 0 Å². The highest BCUT2D eigenvalue weighted by Gasteiger charge is 2.49. The van der Waals surface area contributed by atoms with Gasteiger partial charge < -0.3 is 10.0 Å². The number of carboxylic acids is 1. The molecular weight excluding hydrogens is 170 g/mol. The van der Waals surface area contributed by atoms with Crippen LogP contribution in [0.1, 0.15) is 20.3 Å². The molecule has 1 fully saturated rings. The largest absolute Gasteiger partial charge is 0.481 e. The van der Waals surface area contributed by atoms with Gasteiger partial charge in [-0.25, -0.2) is 0 Å². The van der Waals surface area contributed by atoms with E-state index in [0.717, 1.165) is 0 Å². The summed E-state index contributed by atoms with van der Waals surface area (Å²) in [5.41, 5.74) is 0. The summed E-state index contributed by atoms with van der Waals surface area (Å²) in [7, 11) is 1.71. The normalized spacial score (nSPS) is 25.8. The van der Waals surface area contributed by atoms with E-state index in [9.17, 15) is 9.59 Å². The Hall–Kier alpha value is -1.06. The number of aliphatic carboxylic acids is 1. The number of carbonyl (C=O) groups excluding carboxylic acids is 1. The van der Waals surface area contributed by atoms with Crippen molar-refractivity contribution < 1.29 is 14.7 Å². The van der Waals surface area contributed by atoms with E-state index < -0.39 is 11.9 Å². The van der Waals surface area contributed by atoms with Crippen molar-refractivity contribution in [1.29, 1.82) is 0 Å². The second-order valence-corrected chi connectivity index (χ2v) is 3.83. The van der Waals surface area contributed by atoms with Gasteiger partial charge in [0.25, 0.3) is 0 Å². The van der Waals surface area contributed by atoms with Crippen LogP contribution in [0.25, 0.3) is 0 Å². The second kappa shape index (κ2) is 3.36. The maximum absolute atomic E-state index is 11.5. The first kappa shape index (κ1) is 10.0. The minimum atomic E-state index is -0.851. The summed E-state index contributed by atoms with van der Waals surface area (Å²) in [6.45, 7) is 3.83. The lowest BCUT2D eigenvalue weighted by molar-refractivity contribution is -0.142. The Morgan fingerprint density at radius 2 is 1.92 bits per heavy atom. The Morgan fingerprint density at radius 3 is 2.23 bits per heavy atom. The molecule has 74 valence electrons. The van der Waals surface area contributed by atoms with E-state index in [2.05, 4.69) is 0 Å². The molecule has 1 rings (SSSR count). The minimum absolute atomic E-state index is 0.0394. The lowest BCUT2D eigenvalue weighted by Gasteiger charge is -2.21. The maximum Gasteiger partial charge on any atom is 0.307 e. The molecule has 0 aliphatic heterocycles. The van der Waals surface area contributed by atoms with Crippen molar-refractivity contribution in [3.63, 3.8) is 0 Å². The van der Waals surface area contributed by atoms with Gasteiger partial charge in [-0.2, -0.15) is 0 Å². The predicted octanol–water partition coefficient (Wildman–Crippen LogP) is 0.574. The SMILES string of the molecule is CC(C)N(C)C(=O)C1CC1C(=O)O. The van der Waals surface area contributed by atoms with Crippen LogP contribution in [0.15, 0.2) is 0 Å². The molecule has 1 aliphatic rings. The van der Waals surface area contributed by atoms with Crippen LogP contribution >= 0.6 is 0 Å². The molecule has 0 heterocycles. The average Bonchev–Trinajstić information content (AvgIpc) is 2.80. The molecule has 13 heavy (non-hydrogen) atoms. The van der Waals surface area contributed by atoms with Gasteiger partial charge in [-0.15, -0.1) is 0 Å². The Bertz CT molecular complexity index is 237. The zero-order valence-electron chi connectivity index (χ0n) is 8.15. The number of carbonyl (C=O) groups is 2. The summed E-state index contributed by atoms with van der Waals surface area (Å²) in [5.74, 6) is -1.60. The molecule has 0 aromatic carbocycles. The summed E-state index contributed by atoms with van der Waals surface area (Å²) in [6, 6.07) is 0.141. The Labute approximate surface area is 77.5 Å². The molecule has 1 saturated carbocycles. The first-order valence-electron chi connectivity index (χ1n) is 4.44. The van der Waals surface area contributed by atoms with Crippen molar-refractivity contribution in [3.8, 4) is 0 Å². The minimum Gasteiger partial charge on any atom is -0.481 e. The van der Waals surface area contributed by atoms with E-state index in [-0.39, 0.29) is 17.9 Å². The first-order chi connectivity index (χ1) is 5.95. The first-order valence-corrected chi connectivity index (χ1v) is 4.44. The second-order valence-electron chi connectivity index (χ2n) is 3.83. The van der Waals surface area contributed by atoms with Gasteiger partial charge in [-0.05, 0) is 20.3 Å². The van der Waals surface area contributed by atoms with Crippen LogP contribution in [0.2, 0.25) is 0 Å². The van der Waals surface area contributed by atoms with E-state index in [4.69, 9.17) is 5.11 Å².